The summed E-state index contributed by atoms with van der Waals surface area (Å²) in [6.07, 6.45) is 3.93. The zero-order valence-electron chi connectivity index (χ0n) is 10.2. The van der Waals surface area contributed by atoms with Crippen LogP contribution in [0.4, 0.5) is 5.69 Å². The number of fused-ring (bicyclic) bond motifs is 1. The van der Waals surface area contributed by atoms with Crippen LogP contribution >= 0.6 is 0 Å². The second kappa shape index (κ2) is 3.58. The minimum Gasteiger partial charge on any atom is -0.493 e. The maximum Gasteiger partial charge on any atom is 0.137 e. The van der Waals surface area contributed by atoms with Crippen molar-refractivity contribution >= 4 is 19.6 Å². The Bertz CT molecular complexity index is 449. The summed E-state index contributed by atoms with van der Waals surface area (Å²) in [5.74, 6) is 0.857. The van der Waals surface area contributed by atoms with Gasteiger partial charge in [-0.05, 0) is 31.5 Å². The summed E-state index contributed by atoms with van der Waals surface area (Å²) in [6.45, 7) is 3.95. The summed E-state index contributed by atoms with van der Waals surface area (Å²) in [4.78, 5) is 2.10. The number of ether oxygens (including phenoxy) is 1. The lowest BCUT2D eigenvalue weighted by atomic mass is 9.81. The van der Waals surface area contributed by atoms with E-state index in [9.17, 15) is 0 Å². The van der Waals surface area contributed by atoms with Gasteiger partial charge in [-0.2, -0.15) is 0 Å². The standard InChI is InChI=1S/C13H16BNO/c1-9-10-7-8-13(2,14)16-12(10)6-5-11(9)15(3)4/h5-8H,1-4H3. The maximum atomic E-state index is 5.92. The Morgan fingerprint density at radius 1 is 1.31 bits per heavy atom. The number of hydrogen-bond acceptors (Lipinski definition) is 2. The molecule has 1 atom stereocenters. The molecule has 0 aliphatic carbocycles. The summed E-state index contributed by atoms with van der Waals surface area (Å²) in [6, 6.07) is 4.04. The Morgan fingerprint density at radius 3 is 2.62 bits per heavy atom. The van der Waals surface area contributed by atoms with E-state index in [1.165, 1.54) is 11.3 Å². The number of nitrogens with zero attached hydrogens (tertiary/aromatic N) is 1. The van der Waals surface area contributed by atoms with Crippen molar-refractivity contribution in [2.75, 3.05) is 19.0 Å². The summed E-state index contributed by atoms with van der Waals surface area (Å²) in [5.41, 5.74) is 2.84. The Balaban J connectivity index is 2.53. The molecule has 2 rings (SSSR count). The van der Waals surface area contributed by atoms with Gasteiger partial charge in [-0.3, -0.25) is 0 Å². The van der Waals surface area contributed by atoms with Crippen LogP contribution in [0, 0.1) is 6.92 Å². The van der Waals surface area contributed by atoms with Crippen LogP contribution in [0.1, 0.15) is 18.1 Å². The summed E-state index contributed by atoms with van der Waals surface area (Å²) in [5, 5.41) is 0. The van der Waals surface area contributed by atoms with Crippen LogP contribution in [0.2, 0.25) is 0 Å². The first-order valence-corrected chi connectivity index (χ1v) is 5.39. The lowest BCUT2D eigenvalue weighted by Crippen LogP contribution is -2.32. The molecule has 0 saturated heterocycles. The third kappa shape index (κ3) is 1.82. The fourth-order valence-electron chi connectivity index (χ4n) is 1.99. The molecule has 0 amide bonds. The van der Waals surface area contributed by atoms with Crippen LogP contribution < -0.4 is 9.64 Å². The van der Waals surface area contributed by atoms with Crippen LogP contribution in [0.15, 0.2) is 18.2 Å². The predicted molar refractivity (Wildman–Crippen MR) is 69.3 cm³/mol. The highest BCUT2D eigenvalue weighted by Gasteiger charge is 2.22. The largest absolute Gasteiger partial charge is 0.493 e. The zero-order valence-corrected chi connectivity index (χ0v) is 10.2. The highest BCUT2D eigenvalue weighted by Crippen LogP contribution is 2.35. The van der Waals surface area contributed by atoms with Crippen molar-refractivity contribution in [2.45, 2.75) is 19.3 Å². The Hall–Kier alpha value is -1.38. The smallest absolute Gasteiger partial charge is 0.137 e. The van der Waals surface area contributed by atoms with Gasteiger partial charge < -0.3 is 9.64 Å². The zero-order chi connectivity index (χ0) is 11.9. The van der Waals surface area contributed by atoms with E-state index in [0.29, 0.717) is 0 Å². The van der Waals surface area contributed by atoms with Gasteiger partial charge in [-0.25, -0.2) is 0 Å². The maximum absolute atomic E-state index is 5.92. The van der Waals surface area contributed by atoms with Gasteiger partial charge in [0.25, 0.3) is 0 Å². The van der Waals surface area contributed by atoms with Crippen molar-refractivity contribution in [3.8, 4) is 5.75 Å². The van der Waals surface area contributed by atoms with Crippen molar-refractivity contribution < 1.29 is 4.74 Å². The van der Waals surface area contributed by atoms with E-state index < -0.39 is 5.50 Å². The molecule has 0 fully saturated rings. The number of benzene rings is 1. The number of rotatable bonds is 1. The van der Waals surface area contributed by atoms with E-state index in [0.717, 1.165) is 11.3 Å². The van der Waals surface area contributed by atoms with E-state index in [4.69, 9.17) is 12.6 Å². The molecule has 2 radical (unpaired) electrons. The van der Waals surface area contributed by atoms with Crippen LogP contribution in [0.5, 0.6) is 5.75 Å². The van der Waals surface area contributed by atoms with Crippen LogP contribution in [0.3, 0.4) is 0 Å². The van der Waals surface area contributed by atoms with E-state index in [-0.39, 0.29) is 0 Å². The molecule has 0 aromatic heterocycles. The molecule has 82 valence electrons. The topological polar surface area (TPSA) is 12.5 Å². The second-order valence-electron chi connectivity index (χ2n) is 4.64. The van der Waals surface area contributed by atoms with Crippen molar-refractivity contribution in [1.29, 1.82) is 0 Å². The predicted octanol–water partition coefficient (Wildman–Crippen LogP) is 2.35. The van der Waals surface area contributed by atoms with E-state index in [1.807, 2.05) is 39.2 Å². The monoisotopic (exact) mass is 213 g/mol. The first kappa shape index (κ1) is 11.1. The van der Waals surface area contributed by atoms with E-state index in [1.54, 1.807) is 0 Å². The van der Waals surface area contributed by atoms with Crippen molar-refractivity contribution in [3.05, 3.63) is 29.3 Å². The lowest BCUT2D eigenvalue weighted by molar-refractivity contribution is 0.224. The second-order valence-corrected chi connectivity index (χ2v) is 4.64. The highest BCUT2D eigenvalue weighted by atomic mass is 16.5. The van der Waals surface area contributed by atoms with Gasteiger partial charge in [0.05, 0.1) is 5.50 Å². The van der Waals surface area contributed by atoms with Gasteiger partial charge in [0.1, 0.15) is 13.6 Å². The summed E-state index contributed by atoms with van der Waals surface area (Å²) >= 11 is 0. The molecule has 16 heavy (non-hydrogen) atoms. The molecule has 1 aromatic rings. The number of anilines is 1. The highest BCUT2D eigenvalue weighted by molar-refractivity contribution is 6.16. The minimum atomic E-state index is -0.695. The molecule has 0 bridgehead atoms. The van der Waals surface area contributed by atoms with Gasteiger partial charge in [0.2, 0.25) is 0 Å². The molecule has 1 aliphatic rings. The lowest BCUT2D eigenvalue weighted by Gasteiger charge is -2.30. The Morgan fingerprint density at radius 2 is 2.00 bits per heavy atom. The van der Waals surface area contributed by atoms with Crippen LogP contribution in [-0.4, -0.2) is 27.4 Å². The molecule has 3 heteroatoms. The average molecular weight is 213 g/mol. The molecule has 0 spiro atoms. The molecule has 1 aromatic carbocycles. The summed E-state index contributed by atoms with van der Waals surface area (Å²) in [7, 11) is 9.99. The fourth-order valence-corrected chi connectivity index (χ4v) is 1.99. The molecular weight excluding hydrogens is 197 g/mol. The average Bonchev–Trinajstić information content (AvgIpc) is 2.15. The quantitative estimate of drug-likeness (QED) is 0.664. The van der Waals surface area contributed by atoms with Crippen LogP contribution in [-0.2, 0) is 0 Å². The van der Waals surface area contributed by atoms with Crippen molar-refractivity contribution in [2.24, 2.45) is 0 Å². The van der Waals surface area contributed by atoms with E-state index >= 15 is 0 Å². The minimum absolute atomic E-state index is 0.695. The first-order valence-electron chi connectivity index (χ1n) is 5.39. The Labute approximate surface area is 98.3 Å². The summed E-state index contributed by atoms with van der Waals surface area (Å²) < 4.78 is 5.71. The molecule has 0 N–H and O–H groups in total. The third-order valence-electron chi connectivity index (χ3n) is 2.84. The van der Waals surface area contributed by atoms with Crippen molar-refractivity contribution in [1.82, 2.24) is 0 Å². The third-order valence-corrected chi connectivity index (χ3v) is 2.84. The van der Waals surface area contributed by atoms with Crippen LogP contribution in [0.25, 0.3) is 6.08 Å². The SMILES string of the molecule is [B]C1(C)C=Cc2c(ccc(N(C)C)c2C)O1. The molecule has 1 aliphatic heterocycles. The Kier molecular flexibility index (Phi) is 2.49. The van der Waals surface area contributed by atoms with Crippen molar-refractivity contribution in [3.63, 3.8) is 0 Å². The molecule has 1 heterocycles. The molecular formula is C13H16BNO. The molecule has 2 nitrogen and oxygen atoms in total. The normalized spacial score (nSPS) is 22.5. The van der Waals surface area contributed by atoms with E-state index in [2.05, 4.69) is 17.9 Å². The fraction of sp³-hybridized carbons (Fsp3) is 0.385. The van der Waals surface area contributed by atoms with Gasteiger partial charge in [0.15, 0.2) is 0 Å². The first-order chi connectivity index (χ1) is 7.41. The van der Waals surface area contributed by atoms with Gasteiger partial charge in [0, 0.05) is 25.3 Å². The van der Waals surface area contributed by atoms with Gasteiger partial charge >= 0.3 is 0 Å². The molecule has 0 saturated carbocycles. The molecule has 1 unspecified atom stereocenters. The van der Waals surface area contributed by atoms with Gasteiger partial charge in [-0.1, -0.05) is 12.2 Å². The van der Waals surface area contributed by atoms with Gasteiger partial charge in [-0.15, -0.1) is 0 Å². The number of hydrogen-bond donors (Lipinski definition) is 0.